The van der Waals surface area contributed by atoms with Crippen LogP contribution in [-0.4, -0.2) is 23.5 Å². The number of hydrogen-bond acceptors (Lipinski definition) is 5. The second-order valence-corrected chi connectivity index (χ2v) is 3.68. The maximum Gasteiger partial charge on any atom is 0.290 e. The minimum atomic E-state index is -0.486. The van der Waals surface area contributed by atoms with Crippen LogP contribution >= 0.6 is 0 Å². The molecular weight excluding hydrogens is 234 g/mol. The zero-order valence-electron chi connectivity index (χ0n) is 10.8. The maximum absolute atomic E-state index is 12.1. The van der Waals surface area contributed by atoms with Crippen molar-refractivity contribution >= 4 is 0 Å². The number of methoxy groups -OCH3 is 1. The van der Waals surface area contributed by atoms with E-state index in [1.165, 1.54) is 18.0 Å². The van der Waals surface area contributed by atoms with Crippen LogP contribution in [-0.2, 0) is 4.74 Å². The van der Waals surface area contributed by atoms with Crippen molar-refractivity contribution in [1.29, 1.82) is 5.26 Å². The third kappa shape index (κ3) is 2.87. The molecule has 1 aromatic rings. The van der Waals surface area contributed by atoms with Gasteiger partial charge >= 0.3 is 0 Å². The van der Waals surface area contributed by atoms with Crippen molar-refractivity contribution in [2.75, 3.05) is 13.7 Å². The fourth-order valence-corrected chi connectivity index (χ4v) is 1.53. The van der Waals surface area contributed by atoms with Crippen LogP contribution in [0.5, 0.6) is 5.75 Å². The van der Waals surface area contributed by atoms with E-state index in [1.54, 1.807) is 0 Å². The van der Waals surface area contributed by atoms with E-state index in [9.17, 15) is 4.79 Å². The van der Waals surface area contributed by atoms with Crippen molar-refractivity contribution in [3.63, 3.8) is 0 Å². The van der Waals surface area contributed by atoms with Gasteiger partial charge in [0.25, 0.3) is 5.56 Å². The van der Waals surface area contributed by atoms with Crippen LogP contribution in [0.25, 0.3) is 0 Å². The SMILES string of the molecule is CCCOC(CC)n1ncc(OC)c(C#N)c1=O. The molecule has 1 rings (SSSR count). The number of nitrogens with zero attached hydrogens (tertiary/aromatic N) is 3. The summed E-state index contributed by atoms with van der Waals surface area (Å²) in [5, 5.41) is 13.0. The van der Waals surface area contributed by atoms with Gasteiger partial charge in [-0.25, -0.2) is 0 Å². The Morgan fingerprint density at radius 1 is 1.56 bits per heavy atom. The molecule has 6 heteroatoms. The van der Waals surface area contributed by atoms with Gasteiger partial charge in [-0.3, -0.25) is 4.79 Å². The van der Waals surface area contributed by atoms with E-state index in [4.69, 9.17) is 14.7 Å². The number of nitriles is 1. The van der Waals surface area contributed by atoms with Crippen LogP contribution in [0.4, 0.5) is 0 Å². The molecule has 0 aliphatic carbocycles. The summed E-state index contributed by atoms with van der Waals surface area (Å²) < 4.78 is 11.6. The lowest BCUT2D eigenvalue weighted by Gasteiger charge is -2.17. The van der Waals surface area contributed by atoms with Crippen molar-refractivity contribution in [2.45, 2.75) is 32.9 Å². The van der Waals surface area contributed by atoms with E-state index < -0.39 is 11.8 Å². The van der Waals surface area contributed by atoms with E-state index in [1.807, 2.05) is 19.9 Å². The summed E-state index contributed by atoms with van der Waals surface area (Å²) in [6.45, 7) is 4.42. The van der Waals surface area contributed by atoms with Crippen LogP contribution in [0, 0.1) is 11.3 Å². The summed E-state index contributed by atoms with van der Waals surface area (Å²) in [4.78, 5) is 12.1. The molecule has 1 atom stereocenters. The van der Waals surface area contributed by atoms with Gasteiger partial charge in [-0.15, -0.1) is 0 Å². The Balaban J connectivity index is 3.17. The van der Waals surface area contributed by atoms with E-state index in [0.717, 1.165) is 6.42 Å². The second kappa shape index (κ2) is 6.77. The Labute approximate surface area is 106 Å². The molecular formula is C12H17N3O3. The van der Waals surface area contributed by atoms with Crippen molar-refractivity contribution in [1.82, 2.24) is 9.78 Å². The third-order valence-corrected chi connectivity index (χ3v) is 2.44. The molecule has 0 aliphatic rings. The Hall–Kier alpha value is -1.87. The second-order valence-electron chi connectivity index (χ2n) is 3.68. The topological polar surface area (TPSA) is 77.1 Å². The average Bonchev–Trinajstić information content (AvgIpc) is 2.40. The molecule has 0 amide bonds. The van der Waals surface area contributed by atoms with Crippen molar-refractivity contribution < 1.29 is 9.47 Å². The zero-order chi connectivity index (χ0) is 13.5. The quantitative estimate of drug-likeness (QED) is 0.764. The predicted octanol–water partition coefficient (Wildman–Crippen LogP) is 1.46. The summed E-state index contributed by atoms with van der Waals surface area (Å²) in [5.41, 5.74) is -0.536. The lowest BCUT2D eigenvalue weighted by Crippen LogP contribution is -2.30. The van der Waals surface area contributed by atoms with Crippen LogP contribution < -0.4 is 10.3 Å². The van der Waals surface area contributed by atoms with Gasteiger partial charge in [-0.05, 0) is 12.8 Å². The first-order valence-electron chi connectivity index (χ1n) is 5.87. The van der Waals surface area contributed by atoms with Crippen LogP contribution in [0.2, 0.25) is 0 Å². The van der Waals surface area contributed by atoms with Crippen LogP contribution in [0.3, 0.4) is 0 Å². The molecule has 0 aromatic carbocycles. The average molecular weight is 251 g/mol. The Bertz CT molecular complexity index is 490. The van der Waals surface area contributed by atoms with Gasteiger partial charge in [-0.2, -0.15) is 15.0 Å². The minimum absolute atomic E-state index is 0.0500. The monoisotopic (exact) mass is 251 g/mol. The largest absolute Gasteiger partial charge is 0.493 e. The Morgan fingerprint density at radius 2 is 2.28 bits per heavy atom. The third-order valence-electron chi connectivity index (χ3n) is 2.44. The maximum atomic E-state index is 12.1. The molecule has 0 saturated heterocycles. The summed E-state index contributed by atoms with van der Waals surface area (Å²) in [7, 11) is 1.40. The van der Waals surface area contributed by atoms with Gasteiger partial charge in [-0.1, -0.05) is 13.8 Å². The highest BCUT2D eigenvalue weighted by Gasteiger charge is 2.17. The molecule has 0 aliphatic heterocycles. The van der Waals surface area contributed by atoms with E-state index >= 15 is 0 Å². The smallest absolute Gasteiger partial charge is 0.290 e. The lowest BCUT2D eigenvalue weighted by molar-refractivity contribution is -0.0118. The number of ether oxygens (including phenoxy) is 2. The lowest BCUT2D eigenvalue weighted by atomic mass is 10.3. The molecule has 1 aromatic heterocycles. The normalized spacial score (nSPS) is 11.9. The summed E-state index contributed by atoms with van der Waals surface area (Å²) >= 11 is 0. The van der Waals surface area contributed by atoms with E-state index in [0.29, 0.717) is 13.0 Å². The molecule has 98 valence electrons. The van der Waals surface area contributed by atoms with E-state index in [-0.39, 0.29) is 11.3 Å². The van der Waals surface area contributed by atoms with E-state index in [2.05, 4.69) is 5.10 Å². The highest BCUT2D eigenvalue weighted by Crippen LogP contribution is 2.14. The van der Waals surface area contributed by atoms with Gasteiger partial charge in [0.15, 0.2) is 17.5 Å². The van der Waals surface area contributed by atoms with Crippen molar-refractivity contribution in [3.05, 3.63) is 22.1 Å². The standard InChI is InChI=1S/C12H17N3O3/c1-4-6-18-11(5-2)15-12(16)9(7-13)10(17-3)8-14-15/h8,11H,4-6H2,1-3H3. The molecule has 1 unspecified atom stereocenters. The molecule has 0 bridgehead atoms. The minimum Gasteiger partial charge on any atom is -0.493 e. The summed E-state index contributed by atoms with van der Waals surface area (Å²) in [6, 6.07) is 1.84. The molecule has 0 radical (unpaired) electrons. The summed E-state index contributed by atoms with van der Waals surface area (Å²) in [6.07, 6.45) is 2.37. The van der Waals surface area contributed by atoms with Gasteiger partial charge in [0.05, 0.1) is 13.3 Å². The molecule has 0 spiro atoms. The number of aromatic nitrogens is 2. The fraction of sp³-hybridized carbons (Fsp3) is 0.583. The molecule has 18 heavy (non-hydrogen) atoms. The van der Waals surface area contributed by atoms with Crippen molar-refractivity contribution in [2.24, 2.45) is 0 Å². The Kier molecular flexibility index (Phi) is 5.33. The molecule has 6 nitrogen and oxygen atoms in total. The summed E-state index contributed by atoms with van der Waals surface area (Å²) in [5.74, 6) is 0.184. The van der Waals surface area contributed by atoms with Crippen molar-refractivity contribution in [3.8, 4) is 11.8 Å². The van der Waals surface area contributed by atoms with Gasteiger partial charge in [0, 0.05) is 6.61 Å². The zero-order valence-corrected chi connectivity index (χ0v) is 10.8. The van der Waals surface area contributed by atoms with Gasteiger partial charge in [0.1, 0.15) is 6.07 Å². The fourth-order valence-electron chi connectivity index (χ4n) is 1.53. The van der Waals surface area contributed by atoms with Gasteiger partial charge < -0.3 is 9.47 Å². The first-order valence-corrected chi connectivity index (χ1v) is 5.87. The van der Waals surface area contributed by atoms with Gasteiger partial charge in [0.2, 0.25) is 0 Å². The first-order chi connectivity index (χ1) is 8.69. The molecule has 0 fully saturated rings. The number of hydrogen-bond donors (Lipinski definition) is 0. The van der Waals surface area contributed by atoms with Crippen LogP contribution in [0.15, 0.2) is 11.0 Å². The first kappa shape index (κ1) is 14.2. The molecule has 0 N–H and O–H groups in total. The Morgan fingerprint density at radius 3 is 2.78 bits per heavy atom. The predicted molar refractivity (Wildman–Crippen MR) is 65.3 cm³/mol. The van der Waals surface area contributed by atoms with Crippen LogP contribution in [0.1, 0.15) is 38.5 Å². The molecule has 1 heterocycles. The highest BCUT2D eigenvalue weighted by atomic mass is 16.5. The highest BCUT2D eigenvalue weighted by molar-refractivity contribution is 5.38. The number of rotatable bonds is 6. The molecule has 0 saturated carbocycles.